The summed E-state index contributed by atoms with van der Waals surface area (Å²) < 4.78 is 10.2. The van der Waals surface area contributed by atoms with Gasteiger partial charge >= 0.3 is 6.03 Å². The van der Waals surface area contributed by atoms with E-state index >= 15 is 0 Å². The van der Waals surface area contributed by atoms with Crippen LogP contribution in [0.25, 0.3) is 0 Å². The second-order valence-electron chi connectivity index (χ2n) is 5.11. The summed E-state index contributed by atoms with van der Waals surface area (Å²) >= 11 is 1.32. The van der Waals surface area contributed by atoms with Crippen molar-refractivity contribution in [1.82, 2.24) is 5.32 Å². The second-order valence-corrected chi connectivity index (χ2v) is 6.28. The highest BCUT2D eigenvalue weighted by Crippen LogP contribution is 2.20. The first-order valence-corrected chi connectivity index (χ1v) is 8.33. The van der Waals surface area contributed by atoms with Gasteiger partial charge in [-0.25, -0.2) is 4.79 Å². The van der Waals surface area contributed by atoms with Gasteiger partial charge in [-0.3, -0.25) is 4.79 Å². The molecule has 0 spiro atoms. The minimum absolute atomic E-state index is 0.165. The van der Waals surface area contributed by atoms with Gasteiger partial charge in [0, 0.05) is 16.6 Å². The van der Waals surface area contributed by atoms with Crippen molar-refractivity contribution < 1.29 is 18.7 Å². The highest BCUT2D eigenvalue weighted by molar-refractivity contribution is 7.14. The Hall–Kier alpha value is -3.06. The van der Waals surface area contributed by atoms with Gasteiger partial charge in [0.25, 0.3) is 0 Å². The number of ketones is 1. The number of anilines is 1. The smallest absolute Gasteiger partial charge is 0.319 e. The molecular formula is C18H16N2O4S. The van der Waals surface area contributed by atoms with Crippen LogP contribution in [0.1, 0.15) is 20.3 Å². The van der Waals surface area contributed by atoms with Crippen LogP contribution in [-0.2, 0) is 6.54 Å². The summed E-state index contributed by atoms with van der Waals surface area (Å²) in [6.45, 7) is 0.325. The van der Waals surface area contributed by atoms with E-state index in [-0.39, 0.29) is 11.8 Å². The third kappa shape index (κ3) is 4.27. The minimum atomic E-state index is -0.333. The molecule has 0 aliphatic carbocycles. The van der Waals surface area contributed by atoms with Crippen LogP contribution in [0.2, 0.25) is 0 Å². The molecule has 3 aromatic rings. The summed E-state index contributed by atoms with van der Waals surface area (Å²) in [4.78, 5) is 25.6. The molecule has 25 heavy (non-hydrogen) atoms. The zero-order chi connectivity index (χ0) is 17.6. The number of carbonyl (C=O) groups excluding carboxylic acids is 2. The first-order valence-electron chi connectivity index (χ1n) is 7.51. The largest absolute Gasteiger partial charge is 0.497 e. The SMILES string of the molecule is COc1cccc(NC(=O)NCc2ccc(C(=O)c3ccco3)s2)c1. The maximum atomic E-state index is 12.2. The van der Waals surface area contributed by atoms with Gasteiger partial charge in [0.15, 0.2) is 5.76 Å². The quantitative estimate of drug-likeness (QED) is 0.656. The number of furan rings is 1. The highest BCUT2D eigenvalue weighted by Gasteiger charge is 2.14. The van der Waals surface area contributed by atoms with E-state index in [1.54, 1.807) is 49.6 Å². The topological polar surface area (TPSA) is 80.6 Å². The summed E-state index contributed by atoms with van der Waals surface area (Å²) in [5.74, 6) is 0.802. The molecular weight excluding hydrogens is 340 g/mol. The average molecular weight is 356 g/mol. The van der Waals surface area contributed by atoms with Crippen LogP contribution in [0.5, 0.6) is 5.75 Å². The molecule has 2 aromatic heterocycles. The lowest BCUT2D eigenvalue weighted by atomic mass is 10.2. The van der Waals surface area contributed by atoms with Crippen LogP contribution in [0.4, 0.5) is 10.5 Å². The molecule has 6 nitrogen and oxygen atoms in total. The number of nitrogens with one attached hydrogen (secondary N) is 2. The van der Waals surface area contributed by atoms with Gasteiger partial charge in [0.2, 0.25) is 5.78 Å². The standard InChI is InChI=1S/C18H16N2O4S/c1-23-13-5-2-4-12(10-13)20-18(22)19-11-14-7-8-16(25-14)17(21)15-6-3-9-24-15/h2-10H,11H2,1H3,(H2,19,20,22). The number of ether oxygens (including phenoxy) is 1. The summed E-state index contributed by atoms with van der Waals surface area (Å²) in [5, 5.41) is 5.49. The molecule has 0 fully saturated rings. The number of hydrogen-bond acceptors (Lipinski definition) is 5. The van der Waals surface area contributed by atoms with Crippen LogP contribution in [-0.4, -0.2) is 18.9 Å². The van der Waals surface area contributed by atoms with Crippen molar-refractivity contribution >= 4 is 28.8 Å². The number of methoxy groups -OCH3 is 1. The minimum Gasteiger partial charge on any atom is -0.497 e. The monoisotopic (exact) mass is 356 g/mol. The van der Waals surface area contributed by atoms with Gasteiger partial charge in [0.05, 0.1) is 24.8 Å². The molecule has 0 saturated heterocycles. The lowest BCUT2D eigenvalue weighted by molar-refractivity contribution is 0.101. The molecule has 0 atom stereocenters. The number of thiophene rings is 1. The van der Waals surface area contributed by atoms with E-state index in [2.05, 4.69) is 10.6 Å². The second kappa shape index (κ2) is 7.67. The number of benzene rings is 1. The number of hydrogen-bond donors (Lipinski definition) is 2. The fourth-order valence-electron chi connectivity index (χ4n) is 2.17. The zero-order valence-corrected chi connectivity index (χ0v) is 14.3. The lowest BCUT2D eigenvalue weighted by Gasteiger charge is -2.08. The maximum absolute atomic E-state index is 12.2. The zero-order valence-electron chi connectivity index (χ0n) is 13.4. The van der Waals surface area contributed by atoms with E-state index in [9.17, 15) is 9.59 Å². The van der Waals surface area contributed by atoms with E-state index in [0.29, 0.717) is 28.6 Å². The fourth-order valence-corrected chi connectivity index (χ4v) is 3.06. The van der Waals surface area contributed by atoms with Crippen molar-refractivity contribution in [2.75, 3.05) is 12.4 Å². The van der Waals surface area contributed by atoms with Crippen molar-refractivity contribution in [3.8, 4) is 5.75 Å². The molecule has 1 aromatic carbocycles. The average Bonchev–Trinajstić information content (AvgIpc) is 3.31. The predicted octanol–water partition coefficient (Wildman–Crippen LogP) is 3.90. The predicted molar refractivity (Wildman–Crippen MR) is 95.3 cm³/mol. The molecule has 128 valence electrons. The highest BCUT2D eigenvalue weighted by atomic mass is 32.1. The van der Waals surface area contributed by atoms with Gasteiger partial charge in [-0.15, -0.1) is 11.3 Å². The Balaban J connectivity index is 1.55. The maximum Gasteiger partial charge on any atom is 0.319 e. The summed E-state index contributed by atoms with van der Waals surface area (Å²) in [5.41, 5.74) is 0.636. The van der Waals surface area contributed by atoms with Crippen molar-refractivity contribution in [2.24, 2.45) is 0 Å². The Morgan fingerprint density at radius 1 is 1.16 bits per heavy atom. The van der Waals surface area contributed by atoms with Crippen molar-refractivity contribution in [3.63, 3.8) is 0 Å². The van der Waals surface area contributed by atoms with Crippen molar-refractivity contribution in [1.29, 1.82) is 0 Å². The molecule has 7 heteroatoms. The van der Waals surface area contributed by atoms with Gasteiger partial charge in [0.1, 0.15) is 5.75 Å². The Labute approximate surface area is 148 Å². The van der Waals surface area contributed by atoms with Crippen LogP contribution < -0.4 is 15.4 Å². The molecule has 0 aliphatic heterocycles. The Bertz CT molecular complexity index is 871. The summed E-state index contributed by atoms with van der Waals surface area (Å²) in [6.07, 6.45) is 1.46. The molecule has 3 rings (SSSR count). The first-order chi connectivity index (χ1) is 12.2. The van der Waals surface area contributed by atoms with E-state index in [1.165, 1.54) is 17.6 Å². The molecule has 0 aliphatic rings. The third-order valence-corrected chi connectivity index (χ3v) is 4.47. The normalized spacial score (nSPS) is 10.3. The van der Waals surface area contributed by atoms with E-state index in [0.717, 1.165) is 4.88 Å². The lowest BCUT2D eigenvalue weighted by Crippen LogP contribution is -2.27. The van der Waals surface area contributed by atoms with Crippen LogP contribution in [0.3, 0.4) is 0 Å². The molecule has 2 amide bonds. The van der Waals surface area contributed by atoms with Gasteiger partial charge in [-0.1, -0.05) is 6.07 Å². The Morgan fingerprint density at radius 2 is 2.04 bits per heavy atom. The van der Waals surface area contributed by atoms with Gasteiger partial charge in [-0.05, 0) is 36.4 Å². The van der Waals surface area contributed by atoms with Crippen LogP contribution in [0.15, 0.2) is 59.2 Å². The molecule has 0 radical (unpaired) electrons. The molecule has 0 bridgehead atoms. The molecule has 2 heterocycles. The van der Waals surface area contributed by atoms with Crippen LogP contribution >= 0.6 is 11.3 Å². The van der Waals surface area contributed by atoms with Gasteiger partial charge in [-0.2, -0.15) is 0 Å². The van der Waals surface area contributed by atoms with E-state index in [1.807, 2.05) is 6.07 Å². The summed E-state index contributed by atoms with van der Waals surface area (Å²) in [7, 11) is 1.57. The first kappa shape index (κ1) is 16.8. The molecule has 0 saturated carbocycles. The van der Waals surface area contributed by atoms with E-state index in [4.69, 9.17) is 9.15 Å². The Kier molecular flexibility index (Phi) is 5.15. The van der Waals surface area contributed by atoms with Crippen LogP contribution in [0, 0.1) is 0 Å². The molecule has 2 N–H and O–H groups in total. The Morgan fingerprint density at radius 3 is 2.80 bits per heavy atom. The number of amides is 2. The van der Waals surface area contributed by atoms with Gasteiger partial charge < -0.3 is 19.8 Å². The molecule has 0 unspecified atom stereocenters. The number of urea groups is 1. The third-order valence-electron chi connectivity index (χ3n) is 3.38. The number of rotatable bonds is 6. The van der Waals surface area contributed by atoms with Crippen molar-refractivity contribution in [2.45, 2.75) is 6.54 Å². The van der Waals surface area contributed by atoms with Crippen molar-refractivity contribution in [3.05, 3.63) is 70.3 Å². The fraction of sp³-hybridized carbons (Fsp3) is 0.111. The summed E-state index contributed by atoms with van der Waals surface area (Å²) in [6, 6.07) is 13.6. The number of carbonyl (C=O) groups is 2. The van der Waals surface area contributed by atoms with E-state index < -0.39 is 0 Å².